The Morgan fingerprint density at radius 1 is 0.473 bits per heavy atom. The van der Waals surface area contributed by atoms with E-state index in [9.17, 15) is 57.0 Å². The summed E-state index contributed by atoms with van der Waals surface area (Å²) in [6, 6.07) is 12.8. The minimum absolute atomic E-state index is 0.118. The van der Waals surface area contributed by atoms with Crippen molar-refractivity contribution >= 4 is 86.5 Å². The zero-order valence-electron chi connectivity index (χ0n) is 27.7. The van der Waals surface area contributed by atoms with Gasteiger partial charge in [-0.05, 0) is 97.8 Å². The predicted octanol–water partition coefficient (Wildman–Crippen LogP) is 5.50. The molecule has 1 aromatic heterocycles. The molecule has 0 atom stereocenters. The van der Waals surface area contributed by atoms with Crippen LogP contribution in [0.1, 0.15) is 11.1 Å². The lowest BCUT2D eigenvalue weighted by Gasteiger charge is -2.10. The SMILES string of the molecule is Cc1cc(Nc2nc(O)nc(Nc3ccc(N=Nc4cc(S(=O)(=O)O)ccc4S(=O)(=O)O)c(C)c3)n2)ccc1N=Nc1cc(S(=O)(=O)O)ccc1S(=O)(=O)O. The lowest BCUT2D eigenvalue weighted by molar-refractivity contribution is 0.430. The average Bonchev–Trinajstić information content (AvgIpc) is 3.05. The van der Waals surface area contributed by atoms with E-state index in [1.807, 2.05) is 0 Å². The fourth-order valence-electron chi connectivity index (χ4n) is 4.55. The third-order valence-electron chi connectivity index (χ3n) is 7.07. The van der Waals surface area contributed by atoms with Crippen LogP contribution >= 0.6 is 0 Å². The van der Waals surface area contributed by atoms with Gasteiger partial charge in [0.1, 0.15) is 21.2 Å². The molecule has 288 valence electrons. The summed E-state index contributed by atoms with van der Waals surface area (Å²) in [6.07, 6.45) is 0. The zero-order valence-corrected chi connectivity index (χ0v) is 31.0. The van der Waals surface area contributed by atoms with E-state index in [0.717, 1.165) is 36.4 Å². The molecule has 0 bridgehead atoms. The molecule has 26 heteroatoms. The van der Waals surface area contributed by atoms with Crippen molar-refractivity contribution in [3.63, 3.8) is 0 Å². The van der Waals surface area contributed by atoms with Crippen LogP contribution in [0.2, 0.25) is 0 Å². The van der Waals surface area contributed by atoms with E-state index in [0.29, 0.717) is 22.5 Å². The quantitative estimate of drug-likeness (QED) is 0.0602. The van der Waals surface area contributed by atoms with E-state index < -0.39 is 77.4 Å². The summed E-state index contributed by atoms with van der Waals surface area (Å²) in [6.45, 7) is 3.21. The topological polar surface area (TPSA) is 350 Å². The zero-order chi connectivity index (χ0) is 40.5. The van der Waals surface area contributed by atoms with E-state index in [4.69, 9.17) is 0 Å². The highest BCUT2D eigenvalue weighted by Crippen LogP contribution is 2.33. The summed E-state index contributed by atoms with van der Waals surface area (Å²) in [7, 11) is -19.2. The van der Waals surface area contributed by atoms with Gasteiger partial charge in [-0.15, -0.1) is 10.2 Å². The summed E-state index contributed by atoms with van der Waals surface area (Å²) >= 11 is 0. The van der Waals surface area contributed by atoms with Crippen LogP contribution in [0, 0.1) is 13.8 Å². The highest BCUT2D eigenvalue weighted by Gasteiger charge is 2.21. The number of nitrogens with one attached hydrogen (secondary N) is 2. The van der Waals surface area contributed by atoms with Crippen LogP contribution in [0.5, 0.6) is 6.01 Å². The van der Waals surface area contributed by atoms with Gasteiger partial charge in [-0.3, -0.25) is 18.2 Å². The number of aromatic nitrogens is 3. The van der Waals surface area contributed by atoms with Crippen molar-refractivity contribution in [1.29, 1.82) is 0 Å². The summed E-state index contributed by atoms with van der Waals surface area (Å²) in [5, 5.41) is 31.3. The molecule has 0 amide bonds. The second-order valence-corrected chi connectivity index (χ2v) is 16.7. The molecule has 5 rings (SSSR count). The Labute approximate surface area is 311 Å². The monoisotopic (exact) mass is 835 g/mol. The molecule has 0 saturated heterocycles. The maximum absolute atomic E-state index is 11.8. The molecule has 7 N–H and O–H groups in total. The first-order chi connectivity index (χ1) is 25.5. The summed E-state index contributed by atoms with van der Waals surface area (Å²) < 4.78 is 131. The van der Waals surface area contributed by atoms with Crippen molar-refractivity contribution in [2.24, 2.45) is 20.5 Å². The third kappa shape index (κ3) is 10.2. The molecule has 4 aromatic carbocycles. The number of hydrogen-bond donors (Lipinski definition) is 7. The molecule has 1 heterocycles. The van der Waals surface area contributed by atoms with Gasteiger partial charge in [0, 0.05) is 11.4 Å². The Bertz CT molecular complexity index is 2680. The van der Waals surface area contributed by atoms with E-state index in [1.165, 1.54) is 24.3 Å². The van der Waals surface area contributed by atoms with Gasteiger partial charge in [-0.2, -0.15) is 58.9 Å². The Balaban J connectivity index is 1.34. The lowest BCUT2D eigenvalue weighted by atomic mass is 10.2. The molecular weight excluding hydrogens is 811 g/mol. The molecule has 0 unspecified atom stereocenters. The van der Waals surface area contributed by atoms with E-state index >= 15 is 0 Å². The Morgan fingerprint density at radius 3 is 1.16 bits per heavy atom. The summed E-state index contributed by atoms with van der Waals surface area (Å²) in [5.74, 6) is -0.236. The van der Waals surface area contributed by atoms with Gasteiger partial charge in [0.05, 0.1) is 21.2 Å². The molecule has 0 fully saturated rings. The first-order valence-corrected chi connectivity index (χ1v) is 20.5. The molecule has 5 aromatic rings. The van der Waals surface area contributed by atoms with Crippen molar-refractivity contribution < 1.29 is 57.0 Å². The fraction of sp³-hybridized carbons (Fsp3) is 0.0690. The lowest BCUT2D eigenvalue weighted by Crippen LogP contribution is -2.03. The van der Waals surface area contributed by atoms with Crippen LogP contribution in [0.4, 0.5) is 46.0 Å². The number of azo groups is 2. The van der Waals surface area contributed by atoms with Gasteiger partial charge in [0.25, 0.3) is 40.5 Å². The van der Waals surface area contributed by atoms with E-state index in [-0.39, 0.29) is 23.3 Å². The minimum Gasteiger partial charge on any atom is -0.479 e. The molecule has 0 aliphatic heterocycles. The summed E-state index contributed by atoms with van der Waals surface area (Å²) in [4.78, 5) is 9.01. The predicted molar refractivity (Wildman–Crippen MR) is 191 cm³/mol. The summed E-state index contributed by atoms with van der Waals surface area (Å²) in [5.41, 5.74) is 0.924. The normalized spacial score (nSPS) is 12.7. The molecule has 0 aliphatic rings. The molecule has 0 radical (unpaired) electrons. The highest BCUT2D eigenvalue weighted by molar-refractivity contribution is 7.87. The molecule has 55 heavy (non-hydrogen) atoms. The second-order valence-electron chi connectivity index (χ2n) is 11.1. The fourth-order valence-corrected chi connectivity index (χ4v) is 6.76. The van der Waals surface area contributed by atoms with Crippen LogP contribution in [-0.2, 0) is 40.5 Å². The maximum atomic E-state index is 11.8. The first-order valence-electron chi connectivity index (χ1n) is 14.7. The van der Waals surface area contributed by atoms with Crippen LogP contribution in [-0.4, -0.2) is 71.9 Å². The maximum Gasteiger partial charge on any atom is 0.320 e. The van der Waals surface area contributed by atoms with Gasteiger partial charge in [-0.1, -0.05) is 0 Å². The van der Waals surface area contributed by atoms with Crippen molar-refractivity contribution in [3.8, 4) is 6.01 Å². The van der Waals surface area contributed by atoms with Crippen molar-refractivity contribution in [2.45, 2.75) is 33.4 Å². The third-order valence-corrected chi connectivity index (χ3v) is 10.6. The minimum atomic E-state index is -4.84. The van der Waals surface area contributed by atoms with Crippen LogP contribution in [0.15, 0.2) is 113 Å². The van der Waals surface area contributed by atoms with Gasteiger partial charge >= 0.3 is 6.01 Å². The molecule has 0 saturated carbocycles. The first kappa shape index (κ1) is 40.3. The second kappa shape index (κ2) is 15.1. The number of aryl methyl sites for hydroxylation is 2. The Hall–Kier alpha value is -5.87. The average molecular weight is 836 g/mol. The highest BCUT2D eigenvalue weighted by atomic mass is 32.2. The van der Waals surface area contributed by atoms with Gasteiger partial charge in [-0.25, -0.2) is 0 Å². The number of hydrogen-bond acceptors (Lipinski definition) is 18. The number of aromatic hydroxyl groups is 1. The van der Waals surface area contributed by atoms with Crippen molar-refractivity contribution in [1.82, 2.24) is 15.0 Å². The number of anilines is 4. The molecule has 22 nitrogen and oxygen atoms in total. The van der Waals surface area contributed by atoms with Gasteiger partial charge in [0.15, 0.2) is 0 Å². The van der Waals surface area contributed by atoms with Crippen LogP contribution < -0.4 is 10.6 Å². The van der Waals surface area contributed by atoms with E-state index in [2.05, 4.69) is 46.0 Å². The molecule has 0 spiro atoms. The van der Waals surface area contributed by atoms with Crippen molar-refractivity contribution in [2.75, 3.05) is 10.6 Å². The number of rotatable bonds is 12. The van der Waals surface area contributed by atoms with Crippen LogP contribution in [0.3, 0.4) is 0 Å². The van der Waals surface area contributed by atoms with Gasteiger partial charge < -0.3 is 15.7 Å². The molecule has 0 aliphatic carbocycles. The Kier molecular flexibility index (Phi) is 11.1. The largest absolute Gasteiger partial charge is 0.479 e. The van der Waals surface area contributed by atoms with Gasteiger partial charge in [0.2, 0.25) is 11.9 Å². The smallest absolute Gasteiger partial charge is 0.320 e. The number of nitrogens with zero attached hydrogens (tertiary/aromatic N) is 7. The van der Waals surface area contributed by atoms with Crippen LogP contribution in [0.25, 0.3) is 0 Å². The Morgan fingerprint density at radius 2 is 0.836 bits per heavy atom. The van der Waals surface area contributed by atoms with E-state index in [1.54, 1.807) is 26.0 Å². The van der Waals surface area contributed by atoms with Crippen molar-refractivity contribution in [3.05, 3.63) is 83.9 Å². The molecular formula is C29H25N9O13S4. The number of benzene rings is 4. The standard InChI is InChI=1S/C29H25N9O13S4/c1-15-11-17(3-7-21(15)35-37-23-13-19(52(40,41)42)5-9-25(23)54(46,47)48)30-27-32-28(34-29(39)33-27)31-18-4-8-22(16(2)12-18)36-38-24-14-20(53(43,44)45)6-10-26(24)55(49,50)51/h3-14H,1-2H3,(H,40,41,42)(H,43,44,45)(H,46,47,48)(H,49,50,51)(H3,30,31,32,33,34,39).